The summed E-state index contributed by atoms with van der Waals surface area (Å²) in [6, 6.07) is 11.1. The summed E-state index contributed by atoms with van der Waals surface area (Å²) in [7, 11) is 4.66. The molecule has 1 heterocycles. The van der Waals surface area contributed by atoms with Gasteiger partial charge < -0.3 is 18.6 Å². The van der Waals surface area contributed by atoms with Crippen LogP contribution >= 0.6 is 23.4 Å². The molecule has 0 amide bonds. The topological polar surface area (TPSA) is 66.6 Å². The minimum atomic E-state index is 0.374. The Morgan fingerprint density at radius 3 is 2.31 bits per heavy atom. The monoisotopic (exact) mass is 392 g/mol. The van der Waals surface area contributed by atoms with Crippen LogP contribution < -0.4 is 14.2 Å². The number of ether oxygens (including phenoxy) is 3. The lowest BCUT2D eigenvalue weighted by molar-refractivity contribution is 0.324. The zero-order valence-corrected chi connectivity index (χ0v) is 16.1. The molecule has 0 aliphatic heterocycles. The van der Waals surface area contributed by atoms with E-state index < -0.39 is 0 Å². The normalized spacial score (nSPS) is 10.6. The molecule has 8 heteroatoms. The maximum Gasteiger partial charge on any atom is 0.248 e. The molecule has 0 saturated heterocycles. The highest BCUT2D eigenvalue weighted by Gasteiger charge is 2.17. The Hall–Kier alpha value is -2.38. The second-order valence-corrected chi connectivity index (χ2v) is 6.56. The Kier molecular flexibility index (Phi) is 5.90. The van der Waals surface area contributed by atoms with Gasteiger partial charge in [-0.3, -0.25) is 0 Å². The van der Waals surface area contributed by atoms with Crippen molar-refractivity contribution < 1.29 is 18.6 Å². The molecule has 0 atom stereocenters. The van der Waals surface area contributed by atoms with E-state index in [9.17, 15) is 0 Å². The zero-order valence-electron chi connectivity index (χ0n) is 14.5. The second-order valence-electron chi connectivity index (χ2n) is 5.13. The average molecular weight is 393 g/mol. The number of benzene rings is 2. The van der Waals surface area contributed by atoms with Crippen LogP contribution in [0.4, 0.5) is 0 Å². The fraction of sp³-hybridized carbons (Fsp3) is 0.222. The van der Waals surface area contributed by atoms with E-state index in [1.54, 1.807) is 33.5 Å². The molecule has 0 aliphatic rings. The Bertz CT molecular complexity index is 875. The van der Waals surface area contributed by atoms with Gasteiger partial charge >= 0.3 is 0 Å². The third kappa shape index (κ3) is 3.89. The zero-order chi connectivity index (χ0) is 18.5. The number of thioether (sulfide) groups is 1. The van der Waals surface area contributed by atoms with E-state index in [-0.39, 0.29) is 0 Å². The number of halogens is 1. The summed E-state index contributed by atoms with van der Waals surface area (Å²) in [5.74, 6) is 2.94. The predicted octanol–water partition coefficient (Wildman–Crippen LogP) is 4.71. The Labute approximate surface area is 160 Å². The van der Waals surface area contributed by atoms with Crippen LogP contribution in [0.5, 0.6) is 17.2 Å². The molecular weight excluding hydrogens is 376 g/mol. The van der Waals surface area contributed by atoms with Gasteiger partial charge in [0.25, 0.3) is 0 Å². The SMILES string of the molecule is COc1cc(-c2nnc(CSc3ccccc3Cl)o2)cc(OC)c1OC. The van der Waals surface area contributed by atoms with Gasteiger partial charge in [0, 0.05) is 10.5 Å². The molecule has 0 N–H and O–H groups in total. The maximum atomic E-state index is 6.16. The summed E-state index contributed by atoms with van der Waals surface area (Å²) in [6.45, 7) is 0. The lowest BCUT2D eigenvalue weighted by Gasteiger charge is -2.12. The summed E-state index contributed by atoms with van der Waals surface area (Å²) in [6.07, 6.45) is 0. The van der Waals surface area contributed by atoms with Crippen molar-refractivity contribution in [3.8, 4) is 28.7 Å². The molecule has 1 aromatic heterocycles. The maximum absolute atomic E-state index is 6.16. The van der Waals surface area contributed by atoms with Crippen LogP contribution in [0, 0.1) is 0 Å². The molecule has 0 fully saturated rings. The molecule has 0 bridgehead atoms. The van der Waals surface area contributed by atoms with Crippen LogP contribution in [-0.4, -0.2) is 31.5 Å². The summed E-state index contributed by atoms with van der Waals surface area (Å²) >= 11 is 7.69. The molecule has 6 nitrogen and oxygen atoms in total. The summed E-state index contributed by atoms with van der Waals surface area (Å²) in [5, 5.41) is 8.91. The van der Waals surface area contributed by atoms with Crippen molar-refractivity contribution in [3.05, 3.63) is 47.3 Å². The molecule has 136 valence electrons. The minimum absolute atomic E-state index is 0.374. The first kappa shape index (κ1) is 18.4. The van der Waals surface area contributed by atoms with Gasteiger partial charge in [-0.1, -0.05) is 23.7 Å². The van der Waals surface area contributed by atoms with E-state index in [1.807, 2.05) is 24.3 Å². The van der Waals surface area contributed by atoms with Crippen molar-refractivity contribution in [2.75, 3.05) is 21.3 Å². The molecule has 26 heavy (non-hydrogen) atoms. The van der Waals surface area contributed by atoms with Crippen LogP contribution in [0.2, 0.25) is 5.02 Å². The van der Waals surface area contributed by atoms with Gasteiger partial charge in [-0.05, 0) is 24.3 Å². The third-order valence-corrected chi connectivity index (χ3v) is 5.07. The molecule has 2 aromatic carbocycles. The fourth-order valence-corrected chi connectivity index (χ4v) is 3.41. The number of nitrogens with zero attached hydrogens (tertiary/aromatic N) is 2. The molecule has 0 aliphatic carbocycles. The second kappa shape index (κ2) is 8.33. The molecule has 0 unspecified atom stereocenters. The summed E-state index contributed by atoms with van der Waals surface area (Å²) in [5.41, 5.74) is 0.681. The first-order chi connectivity index (χ1) is 12.7. The highest BCUT2D eigenvalue weighted by atomic mass is 35.5. The highest BCUT2D eigenvalue weighted by molar-refractivity contribution is 7.98. The first-order valence-corrected chi connectivity index (χ1v) is 9.02. The van der Waals surface area contributed by atoms with Gasteiger partial charge in [0.15, 0.2) is 11.5 Å². The van der Waals surface area contributed by atoms with Crippen LogP contribution in [0.3, 0.4) is 0 Å². The van der Waals surface area contributed by atoms with Crippen molar-refractivity contribution >= 4 is 23.4 Å². The van der Waals surface area contributed by atoms with E-state index in [4.69, 9.17) is 30.2 Å². The summed E-state index contributed by atoms with van der Waals surface area (Å²) < 4.78 is 21.8. The van der Waals surface area contributed by atoms with Gasteiger partial charge in [0.1, 0.15) is 0 Å². The smallest absolute Gasteiger partial charge is 0.248 e. The third-order valence-electron chi connectivity index (χ3n) is 3.57. The lowest BCUT2D eigenvalue weighted by Crippen LogP contribution is -1.95. The largest absolute Gasteiger partial charge is 0.493 e. The summed E-state index contributed by atoms with van der Waals surface area (Å²) in [4.78, 5) is 0.960. The number of aromatic nitrogens is 2. The Morgan fingerprint density at radius 2 is 1.69 bits per heavy atom. The Balaban J connectivity index is 1.82. The first-order valence-electron chi connectivity index (χ1n) is 7.66. The van der Waals surface area contributed by atoms with E-state index in [1.165, 1.54) is 11.8 Å². The van der Waals surface area contributed by atoms with Crippen LogP contribution in [0.1, 0.15) is 5.89 Å². The lowest BCUT2D eigenvalue weighted by atomic mass is 10.2. The Morgan fingerprint density at radius 1 is 1.00 bits per heavy atom. The van der Waals surface area contributed by atoms with Crippen LogP contribution in [-0.2, 0) is 5.75 Å². The molecular formula is C18H17ClN2O4S. The average Bonchev–Trinajstić information content (AvgIpc) is 3.15. The molecule has 0 radical (unpaired) electrons. The van der Waals surface area contributed by atoms with Crippen molar-refractivity contribution in [1.82, 2.24) is 10.2 Å². The van der Waals surface area contributed by atoms with Crippen LogP contribution in [0.25, 0.3) is 11.5 Å². The number of rotatable bonds is 7. The molecule has 3 aromatic rings. The van der Waals surface area contributed by atoms with Gasteiger partial charge in [0.05, 0.1) is 32.1 Å². The van der Waals surface area contributed by atoms with Gasteiger partial charge in [-0.15, -0.1) is 22.0 Å². The molecule has 0 saturated carbocycles. The standard InChI is InChI=1S/C18H17ClN2O4S/c1-22-13-8-11(9-14(23-2)17(13)24-3)18-21-20-16(25-18)10-26-15-7-5-4-6-12(15)19/h4-9H,10H2,1-3H3. The predicted molar refractivity (Wildman–Crippen MR) is 100 cm³/mol. The van der Waals surface area contributed by atoms with E-state index in [0.717, 1.165) is 4.90 Å². The van der Waals surface area contributed by atoms with Crippen molar-refractivity contribution in [1.29, 1.82) is 0 Å². The van der Waals surface area contributed by atoms with E-state index in [2.05, 4.69) is 10.2 Å². The van der Waals surface area contributed by atoms with E-state index in [0.29, 0.717) is 45.4 Å². The van der Waals surface area contributed by atoms with Gasteiger partial charge in [0.2, 0.25) is 17.5 Å². The molecule has 3 rings (SSSR count). The number of hydrogen-bond donors (Lipinski definition) is 0. The van der Waals surface area contributed by atoms with Crippen molar-refractivity contribution in [2.45, 2.75) is 10.6 Å². The fourth-order valence-electron chi connectivity index (χ4n) is 2.33. The van der Waals surface area contributed by atoms with Crippen molar-refractivity contribution in [3.63, 3.8) is 0 Å². The van der Waals surface area contributed by atoms with Gasteiger partial charge in [-0.2, -0.15) is 0 Å². The highest BCUT2D eigenvalue weighted by Crippen LogP contribution is 2.41. The van der Waals surface area contributed by atoms with Crippen molar-refractivity contribution in [2.24, 2.45) is 0 Å². The molecule has 0 spiro atoms. The quantitative estimate of drug-likeness (QED) is 0.539. The minimum Gasteiger partial charge on any atom is -0.493 e. The number of methoxy groups -OCH3 is 3. The van der Waals surface area contributed by atoms with Gasteiger partial charge in [-0.25, -0.2) is 0 Å². The number of hydrogen-bond acceptors (Lipinski definition) is 7. The van der Waals surface area contributed by atoms with E-state index >= 15 is 0 Å². The van der Waals surface area contributed by atoms with Crippen LogP contribution in [0.15, 0.2) is 45.7 Å².